The second kappa shape index (κ2) is 8.20. The van der Waals surface area contributed by atoms with Crippen LogP contribution in [0.4, 0.5) is 18.0 Å². The molecule has 0 radical (unpaired) electrons. The van der Waals surface area contributed by atoms with E-state index in [2.05, 4.69) is 0 Å². The van der Waals surface area contributed by atoms with E-state index in [0.29, 0.717) is 13.1 Å². The van der Waals surface area contributed by atoms with Crippen molar-refractivity contribution < 1.29 is 18.0 Å². The number of carbonyl (C=O) groups excluding carboxylic acids is 1. The van der Waals surface area contributed by atoms with Crippen molar-refractivity contribution in [1.29, 1.82) is 0 Å². The second-order valence-corrected chi connectivity index (χ2v) is 3.97. The second-order valence-electron chi connectivity index (χ2n) is 3.97. The molecule has 17 heavy (non-hydrogen) atoms. The van der Waals surface area contributed by atoms with Gasteiger partial charge >= 0.3 is 12.2 Å². The molecule has 0 aromatic carbocycles. The molecule has 0 heterocycles. The van der Waals surface area contributed by atoms with Crippen molar-refractivity contribution in [2.45, 2.75) is 45.7 Å². The number of rotatable bonds is 7. The quantitative estimate of drug-likeness (QED) is 0.743. The van der Waals surface area contributed by atoms with Crippen molar-refractivity contribution in [3.63, 3.8) is 0 Å². The fraction of sp³-hybridized carbons (Fsp3) is 0.909. The fourth-order valence-electron chi connectivity index (χ4n) is 1.30. The van der Waals surface area contributed by atoms with Crippen LogP contribution < -0.4 is 5.32 Å². The maximum absolute atomic E-state index is 12.0. The van der Waals surface area contributed by atoms with Gasteiger partial charge in [-0.15, -0.1) is 0 Å². The van der Waals surface area contributed by atoms with Crippen LogP contribution in [-0.2, 0) is 0 Å². The van der Waals surface area contributed by atoms with Gasteiger partial charge in [0.25, 0.3) is 0 Å². The average Bonchev–Trinajstić information content (AvgIpc) is 2.25. The van der Waals surface area contributed by atoms with Gasteiger partial charge in [0.1, 0.15) is 6.54 Å². The lowest BCUT2D eigenvalue weighted by Crippen LogP contribution is -2.44. The molecule has 0 aliphatic carbocycles. The number of alkyl halides is 3. The molecule has 0 unspecified atom stereocenters. The Labute approximate surface area is 100 Å². The molecule has 3 nitrogen and oxygen atoms in total. The van der Waals surface area contributed by atoms with Crippen LogP contribution in [0.3, 0.4) is 0 Å². The highest BCUT2D eigenvalue weighted by Crippen LogP contribution is 2.12. The minimum absolute atomic E-state index is 0.514. The largest absolute Gasteiger partial charge is 0.405 e. The molecule has 102 valence electrons. The van der Waals surface area contributed by atoms with Gasteiger partial charge in [-0.3, -0.25) is 0 Å². The van der Waals surface area contributed by atoms with E-state index in [1.807, 2.05) is 19.2 Å². The molecule has 0 rings (SSSR count). The summed E-state index contributed by atoms with van der Waals surface area (Å²) in [6.07, 6.45) is -0.909. The number of nitrogens with zero attached hydrogens (tertiary/aromatic N) is 1. The molecule has 0 saturated heterocycles. The van der Waals surface area contributed by atoms with Crippen LogP contribution in [0, 0.1) is 0 Å². The molecule has 0 aliphatic rings. The molecule has 6 heteroatoms. The molecule has 0 aliphatic heterocycles. The molecular formula is C11H21F3N2O. The SMILES string of the molecule is CCCCN(CCCC)C(=O)NCC(F)(F)F. The fourth-order valence-corrected chi connectivity index (χ4v) is 1.30. The van der Waals surface area contributed by atoms with Crippen LogP contribution in [0.2, 0.25) is 0 Å². The van der Waals surface area contributed by atoms with Gasteiger partial charge in [0.15, 0.2) is 0 Å². The summed E-state index contributed by atoms with van der Waals surface area (Å²) in [4.78, 5) is 13.0. The van der Waals surface area contributed by atoms with Crippen LogP contribution in [0.1, 0.15) is 39.5 Å². The Bertz CT molecular complexity index is 211. The van der Waals surface area contributed by atoms with Gasteiger partial charge in [0.2, 0.25) is 0 Å². The van der Waals surface area contributed by atoms with Crippen molar-refractivity contribution in [2.24, 2.45) is 0 Å². The molecule has 2 amide bonds. The third-order valence-electron chi connectivity index (χ3n) is 2.29. The molecule has 0 aromatic heterocycles. The summed E-state index contributed by atoms with van der Waals surface area (Å²) in [6, 6.07) is -0.621. The summed E-state index contributed by atoms with van der Waals surface area (Å²) in [5.41, 5.74) is 0. The van der Waals surface area contributed by atoms with Crippen LogP contribution >= 0.6 is 0 Å². The number of amides is 2. The zero-order valence-electron chi connectivity index (χ0n) is 10.4. The standard InChI is InChI=1S/C11H21F3N2O/c1-3-5-7-16(8-6-4-2)10(17)15-9-11(12,13)14/h3-9H2,1-2H3,(H,15,17). The Morgan fingerprint density at radius 3 is 1.94 bits per heavy atom. The minimum Gasteiger partial charge on any atom is -0.329 e. The molecule has 0 fully saturated rings. The van der Waals surface area contributed by atoms with E-state index < -0.39 is 18.8 Å². The summed E-state index contributed by atoms with van der Waals surface area (Å²) in [6.45, 7) is 3.72. The van der Waals surface area contributed by atoms with Gasteiger partial charge in [-0.25, -0.2) is 4.79 Å². The number of hydrogen-bond acceptors (Lipinski definition) is 1. The first-order valence-electron chi connectivity index (χ1n) is 6.00. The Kier molecular flexibility index (Phi) is 7.74. The first-order valence-corrected chi connectivity index (χ1v) is 6.00. The van der Waals surface area contributed by atoms with Gasteiger partial charge in [0.05, 0.1) is 0 Å². The van der Waals surface area contributed by atoms with Crippen molar-refractivity contribution >= 4 is 6.03 Å². The predicted molar refractivity (Wildman–Crippen MR) is 60.8 cm³/mol. The van der Waals surface area contributed by atoms with E-state index in [1.165, 1.54) is 4.90 Å². The summed E-state index contributed by atoms with van der Waals surface area (Å²) >= 11 is 0. The monoisotopic (exact) mass is 254 g/mol. The number of urea groups is 1. The van der Waals surface area contributed by atoms with Gasteiger partial charge in [0, 0.05) is 13.1 Å². The van der Waals surface area contributed by atoms with Crippen molar-refractivity contribution in [3.05, 3.63) is 0 Å². The first-order chi connectivity index (χ1) is 7.90. The van der Waals surface area contributed by atoms with E-state index in [4.69, 9.17) is 0 Å². The van der Waals surface area contributed by atoms with Gasteiger partial charge in [-0.1, -0.05) is 26.7 Å². The number of hydrogen-bond donors (Lipinski definition) is 1. The van der Waals surface area contributed by atoms with Crippen molar-refractivity contribution in [3.8, 4) is 0 Å². The highest BCUT2D eigenvalue weighted by molar-refractivity contribution is 5.74. The van der Waals surface area contributed by atoms with Gasteiger partial charge in [-0.05, 0) is 12.8 Å². The lowest BCUT2D eigenvalue weighted by atomic mass is 10.3. The van der Waals surface area contributed by atoms with Crippen LogP contribution in [0.5, 0.6) is 0 Å². The van der Waals surface area contributed by atoms with Crippen LogP contribution in [0.15, 0.2) is 0 Å². The number of carbonyl (C=O) groups is 1. The van der Waals surface area contributed by atoms with Gasteiger partial charge in [-0.2, -0.15) is 13.2 Å². The van der Waals surface area contributed by atoms with Crippen LogP contribution in [0.25, 0.3) is 0 Å². The van der Waals surface area contributed by atoms with Crippen LogP contribution in [-0.4, -0.2) is 36.7 Å². The zero-order chi connectivity index (χ0) is 13.3. The predicted octanol–water partition coefficient (Wildman–Crippen LogP) is 3.16. The van der Waals surface area contributed by atoms with E-state index in [0.717, 1.165) is 25.7 Å². The summed E-state index contributed by atoms with van der Waals surface area (Å²) in [5, 5.41) is 1.90. The smallest absolute Gasteiger partial charge is 0.329 e. The molecule has 0 atom stereocenters. The number of unbranched alkanes of at least 4 members (excludes halogenated alkanes) is 2. The molecule has 0 bridgehead atoms. The Morgan fingerprint density at radius 1 is 1.12 bits per heavy atom. The number of halogens is 3. The van der Waals surface area contributed by atoms with E-state index in [-0.39, 0.29) is 0 Å². The molecule has 1 N–H and O–H groups in total. The van der Waals surface area contributed by atoms with E-state index in [9.17, 15) is 18.0 Å². The first kappa shape index (κ1) is 16.1. The Morgan fingerprint density at radius 2 is 1.59 bits per heavy atom. The molecule has 0 aromatic rings. The van der Waals surface area contributed by atoms with Crippen molar-refractivity contribution in [2.75, 3.05) is 19.6 Å². The molecular weight excluding hydrogens is 233 g/mol. The third-order valence-corrected chi connectivity index (χ3v) is 2.29. The van der Waals surface area contributed by atoms with Gasteiger partial charge < -0.3 is 10.2 Å². The zero-order valence-corrected chi connectivity index (χ0v) is 10.4. The highest BCUT2D eigenvalue weighted by atomic mass is 19.4. The summed E-state index contributed by atoms with van der Waals surface area (Å²) in [5.74, 6) is 0. The van der Waals surface area contributed by atoms with E-state index in [1.54, 1.807) is 0 Å². The minimum atomic E-state index is -4.35. The number of nitrogens with one attached hydrogen (secondary N) is 1. The lowest BCUT2D eigenvalue weighted by Gasteiger charge is -2.23. The maximum Gasteiger partial charge on any atom is 0.405 e. The Hall–Kier alpha value is -0.940. The topological polar surface area (TPSA) is 32.3 Å². The highest BCUT2D eigenvalue weighted by Gasteiger charge is 2.28. The molecule has 0 spiro atoms. The summed E-state index contributed by atoms with van der Waals surface area (Å²) < 4.78 is 35.9. The third kappa shape index (κ3) is 8.83. The van der Waals surface area contributed by atoms with Crippen molar-refractivity contribution in [1.82, 2.24) is 10.2 Å². The Balaban J connectivity index is 4.11. The lowest BCUT2D eigenvalue weighted by molar-refractivity contribution is -0.123. The average molecular weight is 254 g/mol. The maximum atomic E-state index is 12.0. The van der Waals surface area contributed by atoms with E-state index >= 15 is 0 Å². The normalized spacial score (nSPS) is 11.4. The summed E-state index contributed by atoms with van der Waals surface area (Å²) in [7, 11) is 0. The molecule has 0 saturated carbocycles.